The van der Waals surface area contributed by atoms with Gasteiger partial charge in [-0.15, -0.1) is 0 Å². The molecule has 0 aliphatic carbocycles. The largest absolute Gasteiger partial charge is 0.390 e. The molecule has 2 N–H and O–H groups in total. The summed E-state index contributed by atoms with van der Waals surface area (Å²) in [4.78, 5) is 13.0. The van der Waals surface area contributed by atoms with Crippen molar-refractivity contribution in [2.45, 2.75) is 45.8 Å². The van der Waals surface area contributed by atoms with Crippen molar-refractivity contribution >= 4 is 6.41 Å². The van der Waals surface area contributed by atoms with Crippen LogP contribution in [0.1, 0.15) is 34.1 Å². The molecule has 1 rings (SSSR count). The minimum atomic E-state index is -0.682. The molecule has 1 heterocycles. The summed E-state index contributed by atoms with van der Waals surface area (Å²) in [5.41, 5.74) is -0.682. The third-order valence-electron chi connectivity index (χ3n) is 3.51. The van der Waals surface area contributed by atoms with Gasteiger partial charge in [0.05, 0.1) is 5.60 Å². The molecule has 0 aromatic carbocycles. The highest BCUT2D eigenvalue weighted by Crippen LogP contribution is 2.25. The Morgan fingerprint density at radius 2 is 2.12 bits per heavy atom. The van der Waals surface area contributed by atoms with E-state index in [-0.39, 0.29) is 12.0 Å². The number of nitrogens with zero attached hydrogens (tertiary/aromatic N) is 1. The first-order chi connectivity index (χ1) is 7.84. The predicted molar refractivity (Wildman–Crippen MR) is 68.7 cm³/mol. The molecule has 0 unspecified atom stereocenters. The van der Waals surface area contributed by atoms with Crippen LogP contribution in [0.25, 0.3) is 0 Å². The van der Waals surface area contributed by atoms with Crippen molar-refractivity contribution < 1.29 is 9.90 Å². The fourth-order valence-electron chi connectivity index (χ4n) is 2.41. The van der Waals surface area contributed by atoms with Crippen molar-refractivity contribution in [3.8, 4) is 0 Å². The van der Waals surface area contributed by atoms with Crippen molar-refractivity contribution in [1.29, 1.82) is 0 Å². The monoisotopic (exact) mass is 242 g/mol. The zero-order valence-electron chi connectivity index (χ0n) is 11.4. The van der Waals surface area contributed by atoms with Crippen molar-refractivity contribution in [1.82, 2.24) is 10.2 Å². The molecule has 2 atom stereocenters. The lowest BCUT2D eigenvalue weighted by atomic mass is 9.82. The Hall–Kier alpha value is -0.610. The van der Waals surface area contributed by atoms with Gasteiger partial charge in [-0.2, -0.15) is 0 Å². The van der Waals surface area contributed by atoms with Crippen LogP contribution in [0.2, 0.25) is 0 Å². The molecule has 1 aliphatic rings. The molecule has 0 radical (unpaired) electrons. The van der Waals surface area contributed by atoms with Gasteiger partial charge in [0.2, 0.25) is 6.41 Å². The van der Waals surface area contributed by atoms with Crippen molar-refractivity contribution in [2.75, 3.05) is 19.6 Å². The molecule has 0 aromatic rings. The molecule has 1 amide bonds. The molecule has 100 valence electrons. The van der Waals surface area contributed by atoms with Gasteiger partial charge in [-0.3, -0.25) is 4.79 Å². The Bertz CT molecular complexity index is 248. The molecule has 0 spiro atoms. The van der Waals surface area contributed by atoms with E-state index in [2.05, 4.69) is 19.2 Å². The second-order valence-electron chi connectivity index (χ2n) is 6.09. The SMILES string of the molecule is CC(C)CN(C=O)[C@@H]1CNC[C@H](C(C)(C)O)C1. The fourth-order valence-corrected chi connectivity index (χ4v) is 2.41. The molecular formula is C13H26N2O2. The Kier molecular flexibility index (Phi) is 4.95. The van der Waals surface area contributed by atoms with Gasteiger partial charge in [-0.1, -0.05) is 13.8 Å². The zero-order chi connectivity index (χ0) is 13.1. The minimum absolute atomic E-state index is 0.205. The van der Waals surface area contributed by atoms with Gasteiger partial charge in [0, 0.05) is 31.6 Å². The summed E-state index contributed by atoms with van der Waals surface area (Å²) in [5.74, 6) is 0.679. The van der Waals surface area contributed by atoms with Gasteiger partial charge in [0.1, 0.15) is 0 Å². The Morgan fingerprint density at radius 1 is 1.47 bits per heavy atom. The number of piperidine rings is 1. The maximum Gasteiger partial charge on any atom is 0.210 e. The quantitative estimate of drug-likeness (QED) is 0.703. The zero-order valence-corrected chi connectivity index (χ0v) is 11.4. The third-order valence-corrected chi connectivity index (χ3v) is 3.51. The average molecular weight is 242 g/mol. The summed E-state index contributed by atoms with van der Waals surface area (Å²) in [6, 6.07) is 0.208. The lowest BCUT2D eigenvalue weighted by molar-refractivity contribution is -0.122. The van der Waals surface area contributed by atoms with Crippen LogP contribution in [0.4, 0.5) is 0 Å². The first kappa shape index (κ1) is 14.5. The van der Waals surface area contributed by atoms with Gasteiger partial charge in [0.25, 0.3) is 0 Å². The van der Waals surface area contributed by atoms with Crippen LogP contribution in [0.5, 0.6) is 0 Å². The maximum atomic E-state index is 11.1. The van der Waals surface area contributed by atoms with Crippen LogP contribution < -0.4 is 5.32 Å². The van der Waals surface area contributed by atoms with Gasteiger partial charge in [-0.05, 0) is 26.2 Å². The van der Waals surface area contributed by atoms with Crippen molar-refractivity contribution in [3.05, 3.63) is 0 Å². The van der Waals surface area contributed by atoms with Gasteiger partial charge in [-0.25, -0.2) is 0 Å². The molecule has 17 heavy (non-hydrogen) atoms. The number of hydrogen-bond donors (Lipinski definition) is 2. The van der Waals surface area contributed by atoms with E-state index in [1.165, 1.54) is 0 Å². The molecule has 1 aliphatic heterocycles. The number of hydrogen-bond acceptors (Lipinski definition) is 3. The maximum absolute atomic E-state index is 11.1. The molecule has 1 saturated heterocycles. The van der Waals surface area contributed by atoms with E-state index < -0.39 is 5.60 Å². The molecule has 0 aromatic heterocycles. The number of aliphatic hydroxyl groups is 1. The van der Waals surface area contributed by atoms with Crippen LogP contribution >= 0.6 is 0 Å². The Morgan fingerprint density at radius 3 is 2.59 bits per heavy atom. The smallest absolute Gasteiger partial charge is 0.210 e. The Labute approximate surface area is 104 Å². The fraction of sp³-hybridized carbons (Fsp3) is 0.923. The molecule has 4 heteroatoms. The number of amides is 1. The molecule has 4 nitrogen and oxygen atoms in total. The molecule has 0 saturated carbocycles. The summed E-state index contributed by atoms with van der Waals surface area (Å²) < 4.78 is 0. The van der Waals surface area contributed by atoms with E-state index in [1.807, 2.05) is 18.7 Å². The lowest BCUT2D eigenvalue weighted by Gasteiger charge is -2.41. The summed E-state index contributed by atoms with van der Waals surface area (Å²) in [6.45, 7) is 10.4. The van der Waals surface area contributed by atoms with E-state index in [1.54, 1.807) is 0 Å². The van der Waals surface area contributed by atoms with E-state index in [9.17, 15) is 9.90 Å². The number of carbonyl (C=O) groups excluding carboxylic acids is 1. The summed E-state index contributed by atoms with van der Waals surface area (Å²) in [5, 5.41) is 13.4. The third kappa shape index (κ3) is 4.28. The van der Waals surface area contributed by atoms with Crippen LogP contribution in [-0.2, 0) is 4.79 Å². The van der Waals surface area contributed by atoms with E-state index in [4.69, 9.17) is 0 Å². The second-order valence-corrected chi connectivity index (χ2v) is 6.09. The minimum Gasteiger partial charge on any atom is -0.390 e. The normalized spacial score (nSPS) is 26.0. The second kappa shape index (κ2) is 5.83. The first-order valence-corrected chi connectivity index (χ1v) is 6.48. The van der Waals surface area contributed by atoms with Crippen LogP contribution in [0.3, 0.4) is 0 Å². The van der Waals surface area contributed by atoms with Crippen LogP contribution in [0, 0.1) is 11.8 Å². The lowest BCUT2D eigenvalue weighted by Crippen LogP contribution is -2.53. The van der Waals surface area contributed by atoms with Gasteiger partial charge < -0.3 is 15.3 Å². The molecular weight excluding hydrogens is 216 g/mol. The van der Waals surface area contributed by atoms with Gasteiger partial charge in [0.15, 0.2) is 0 Å². The highest BCUT2D eigenvalue weighted by atomic mass is 16.3. The number of rotatable bonds is 5. The molecule has 1 fully saturated rings. The summed E-state index contributed by atoms with van der Waals surface area (Å²) in [6.07, 6.45) is 1.82. The van der Waals surface area contributed by atoms with Gasteiger partial charge >= 0.3 is 0 Å². The van der Waals surface area contributed by atoms with E-state index >= 15 is 0 Å². The van der Waals surface area contributed by atoms with E-state index in [0.717, 1.165) is 32.5 Å². The van der Waals surface area contributed by atoms with E-state index in [0.29, 0.717) is 5.92 Å². The van der Waals surface area contributed by atoms with Crippen LogP contribution in [-0.4, -0.2) is 47.7 Å². The first-order valence-electron chi connectivity index (χ1n) is 6.48. The number of nitrogens with one attached hydrogen (secondary N) is 1. The highest BCUT2D eigenvalue weighted by molar-refractivity contribution is 5.47. The summed E-state index contributed by atoms with van der Waals surface area (Å²) in [7, 11) is 0. The van der Waals surface area contributed by atoms with Crippen LogP contribution in [0.15, 0.2) is 0 Å². The summed E-state index contributed by atoms with van der Waals surface area (Å²) >= 11 is 0. The standard InChI is InChI=1S/C13H26N2O2/c1-10(2)8-15(9-16)12-5-11(6-14-7-12)13(3,4)17/h9-12,14,17H,5-8H2,1-4H3/t11-,12+/m1/s1. The molecule has 0 bridgehead atoms. The van der Waals surface area contributed by atoms with Crippen molar-refractivity contribution in [3.63, 3.8) is 0 Å². The average Bonchev–Trinajstić information content (AvgIpc) is 2.24. The number of carbonyl (C=O) groups is 1. The predicted octanol–water partition coefficient (Wildman–Crippen LogP) is 0.850. The topological polar surface area (TPSA) is 52.6 Å². The highest BCUT2D eigenvalue weighted by Gasteiger charge is 2.34. The Balaban J connectivity index is 2.61. The van der Waals surface area contributed by atoms with Crippen molar-refractivity contribution in [2.24, 2.45) is 11.8 Å².